The van der Waals surface area contributed by atoms with E-state index in [4.69, 9.17) is 5.73 Å². The summed E-state index contributed by atoms with van der Waals surface area (Å²) in [6, 6.07) is 6.94. The van der Waals surface area contributed by atoms with Crippen molar-refractivity contribution in [2.45, 2.75) is 12.8 Å². The fourth-order valence-electron chi connectivity index (χ4n) is 2.17. The third-order valence-corrected chi connectivity index (χ3v) is 3.74. The predicted octanol–water partition coefficient (Wildman–Crippen LogP) is 2.18. The Labute approximate surface area is 120 Å². The molecule has 1 aliphatic rings. The van der Waals surface area contributed by atoms with Crippen molar-refractivity contribution in [2.75, 3.05) is 18.4 Å². The fourth-order valence-corrected chi connectivity index (χ4v) is 2.43. The zero-order valence-corrected chi connectivity index (χ0v) is 12.0. The minimum Gasteiger partial charge on any atom is -0.351 e. The van der Waals surface area contributed by atoms with Gasteiger partial charge in [0.25, 0.3) is 0 Å². The lowest BCUT2D eigenvalue weighted by atomic mass is 9.97. The highest BCUT2D eigenvalue weighted by Gasteiger charge is 2.27. The number of carbonyl (C=O) groups is 2. The molecule has 0 spiro atoms. The second-order valence-electron chi connectivity index (χ2n) is 4.62. The van der Waals surface area contributed by atoms with E-state index in [0.29, 0.717) is 13.1 Å². The molecule has 1 saturated heterocycles. The van der Waals surface area contributed by atoms with Crippen LogP contribution in [-0.4, -0.2) is 29.9 Å². The number of urea groups is 1. The van der Waals surface area contributed by atoms with E-state index in [2.05, 4.69) is 21.2 Å². The van der Waals surface area contributed by atoms with Crippen LogP contribution >= 0.6 is 15.9 Å². The summed E-state index contributed by atoms with van der Waals surface area (Å²) in [4.78, 5) is 24.8. The Balaban J connectivity index is 1.96. The summed E-state index contributed by atoms with van der Waals surface area (Å²) in [6.45, 7) is 1.04. The Bertz CT molecular complexity index is 475. The zero-order valence-electron chi connectivity index (χ0n) is 10.4. The molecule has 0 bridgehead atoms. The maximum atomic E-state index is 12.1. The van der Waals surface area contributed by atoms with Crippen molar-refractivity contribution >= 4 is 33.6 Å². The molecule has 1 aromatic carbocycles. The van der Waals surface area contributed by atoms with Crippen LogP contribution in [0.4, 0.5) is 10.5 Å². The van der Waals surface area contributed by atoms with Crippen LogP contribution in [0.2, 0.25) is 0 Å². The maximum absolute atomic E-state index is 12.1. The van der Waals surface area contributed by atoms with Crippen molar-refractivity contribution in [2.24, 2.45) is 11.7 Å². The molecule has 6 heteroatoms. The number of benzene rings is 1. The third kappa shape index (κ3) is 3.70. The van der Waals surface area contributed by atoms with Gasteiger partial charge in [0.1, 0.15) is 0 Å². The van der Waals surface area contributed by atoms with Gasteiger partial charge in [-0.25, -0.2) is 4.79 Å². The molecule has 5 nitrogen and oxygen atoms in total. The highest BCUT2D eigenvalue weighted by molar-refractivity contribution is 9.10. The molecule has 1 aliphatic heterocycles. The van der Waals surface area contributed by atoms with Gasteiger partial charge in [0, 0.05) is 23.2 Å². The second kappa shape index (κ2) is 6.06. The summed E-state index contributed by atoms with van der Waals surface area (Å²) in [5, 5.41) is 2.86. The van der Waals surface area contributed by atoms with Crippen LogP contribution < -0.4 is 11.1 Å². The highest BCUT2D eigenvalue weighted by atomic mass is 79.9. The Morgan fingerprint density at radius 3 is 2.63 bits per heavy atom. The topological polar surface area (TPSA) is 75.4 Å². The molecule has 0 unspecified atom stereocenters. The van der Waals surface area contributed by atoms with Crippen LogP contribution in [0.3, 0.4) is 0 Å². The molecule has 0 aliphatic carbocycles. The Morgan fingerprint density at radius 2 is 2.00 bits per heavy atom. The van der Waals surface area contributed by atoms with Crippen molar-refractivity contribution in [1.29, 1.82) is 0 Å². The number of nitrogens with two attached hydrogens (primary N) is 1. The quantitative estimate of drug-likeness (QED) is 0.874. The molecule has 1 fully saturated rings. The first-order chi connectivity index (χ1) is 9.06. The molecule has 1 atom stereocenters. The summed E-state index contributed by atoms with van der Waals surface area (Å²) in [7, 11) is 0. The lowest BCUT2D eigenvalue weighted by Gasteiger charge is -2.30. The van der Waals surface area contributed by atoms with Crippen LogP contribution in [0.5, 0.6) is 0 Å². The number of likely N-dealkylation sites (tertiary alicyclic amines) is 1. The van der Waals surface area contributed by atoms with Crippen molar-refractivity contribution in [3.63, 3.8) is 0 Å². The molecule has 1 aromatic rings. The molecular formula is C13H16BrN3O2. The number of nitrogens with zero attached hydrogens (tertiary/aromatic N) is 1. The number of nitrogens with one attached hydrogen (secondary N) is 1. The Kier molecular flexibility index (Phi) is 4.42. The molecule has 3 amide bonds. The number of hydrogen-bond acceptors (Lipinski definition) is 2. The van der Waals surface area contributed by atoms with E-state index in [-0.39, 0.29) is 11.8 Å². The number of carbonyl (C=O) groups excluding carboxylic acids is 2. The van der Waals surface area contributed by atoms with E-state index in [1.54, 1.807) is 0 Å². The molecule has 102 valence electrons. The van der Waals surface area contributed by atoms with Crippen LogP contribution in [0.25, 0.3) is 0 Å². The van der Waals surface area contributed by atoms with E-state index < -0.39 is 6.03 Å². The van der Waals surface area contributed by atoms with E-state index in [9.17, 15) is 9.59 Å². The lowest BCUT2D eigenvalue weighted by Crippen LogP contribution is -2.46. The molecule has 0 aromatic heterocycles. The average molecular weight is 326 g/mol. The van der Waals surface area contributed by atoms with Crippen molar-refractivity contribution in [3.05, 3.63) is 28.7 Å². The van der Waals surface area contributed by atoms with Gasteiger partial charge in [-0.2, -0.15) is 0 Å². The number of anilines is 1. The largest absolute Gasteiger partial charge is 0.351 e. The number of primary amides is 1. The van der Waals surface area contributed by atoms with Crippen molar-refractivity contribution in [3.8, 4) is 0 Å². The van der Waals surface area contributed by atoms with Crippen LogP contribution in [0.15, 0.2) is 28.7 Å². The SMILES string of the molecule is NC(=O)N1CCC[C@@H](C(=O)Nc2ccc(Br)cc2)C1. The Morgan fingerprint density at radius 1 is 1.32 bits per heavy atom. The molecular weight excluding hydrogens is 310 g/mol. The van der Waals surface area contributed by atoms with Gasteiger partial charge in [-0.1, -0.05) is 15.9 Å². The first-order valence-corrected chi connectivity index (χ1v) is 6.96. The van der Waals surface area contributed by atoms with E-state index in [1.165, 1.54) is 4.90 Å². The van der Waals surface area contributed by atoms with Gasteiger partial charge in [0.2, 0.25) is 5.91 Å². The molecule has 2 rings (SSSR count). The van der Waals surface area contributed by atoms with Gasteiger partial charge >= 0.3 is 6.03 Å². The van der Waals surface area contributed by atoms with Crippen LogP contribution in [-0.2, 0) is 4.79 Å². The minimum atomic E-state index is -0.457. The monoisotopic (exact) mass is 325 g/mol. The number of halogens is 1. The number of hydrogen-bond donors (Lipinski definition) is 2. The molecule has 19 heavy (non-hydrogen) atoms. The van der Waals surface area contributed by atoms with Crippen LogP contribution in [0.1, 0.15) is 12.8 Å². The van der Waals surface area contributed by atoms with Crippen LogP contribution in [0, 0.1) is 5.92 Å². The summed E-state index contributed by atoms with van der Waals surface area (Å²) in [6.07, 6.45) is 1.59. The predicted molar refractivity (Wildman–Crippen MR) is 76.7 cm³/mol. The lowest BCUT2D eigenvalue weighted by molar-refractivity contribution is -0.121. The van der Waals surface area contributed by atoms with Gasteiger partial charge in [0.05, 0.1) is 5.92 Å². The average Bonchev–Trinajstić information content (AvgIpc) is 2.41. The second-order valence-corrected chi connectivity index (χ2v) is 5.54. The smallest absolute Gasteiger partial charge is 0.314 e. The van der Waals surface area contributed by atoms with Gasteiger partial charge < -0.3 is 16.0 Å². The molecule has 1 heterocycles. The van der Waals surface area contributed by atoms with E-state index >= 15 is 0 Å². The summed E-state index contributed by atoms with van der Waals surface area (Å²) in [5.74, 6) is -0.252. The van der Waals surface area contributed by atoms with Crippen molar-refractivity contribution < 1.29 is 9.59 Å². The molecule has 3 N–H and O–H groups in total. The summed E-state index contributed by atoms with van der Waals surface area (Å²) < 4.78 is 0.961. The normalized spacial score (nSPS) is 19.0. The molecule has 0 saturated carbocycles. The molecule has 0 radical (unpaired) electrons. The fraction of sp³-hybridized carbons (Fsp3) is 0.385. The standard InChI is InChI=1S/C13H16BrN3O2/c14-10-3-5-11(6-4-10)16-12(18)9-2-1-7-17(8-9)13(15)19/h3-6,9H,1-2,7-8H2,(H2,15,19)(H,16,18)/t9-/m1/s1. The zero-order chi connectivity index (χ0) is 13.8. The van der Waals surface area contributed by atoms with Gasteiger partial charge in [-0.15, -0.1) is 0 Å². The number of amides is 3. The van der Waals surface area contributed by atoms with Gasteiger partial charge in [0.15, 0.2) is 0 Å². The first kappa shape index (κ1) is 13.9. The first-order valence-electron chi connectivity index (χ1n) is 6.17. The van der Waals surface area contributed by atoms with Gasteiger partial charge in [-0.05, 0) is 37.1 Å². The van der Waals surface area contributed by atoms with E-state index in [1.807, 2.05) is 24.3 Å². The van der Waals surface area contributed by atoms with Crippen molar-refractivity contribution in [1.82, 2.24) is 4.90 Å². The number of rotatable bonds is 2. The summed E-state index contributed by atoms with van der Waals surface area (Å²) in [5.41, 5.74) is 6.00. The van der Waals surface area contributed by atoms with Gasteiger partial charge in [-0.3, -0.25) is 4.79 Å². The highest BCUT2D eigenvalue weighted by Crippen LogP contribution is 2.19. The third-order valence-electron chi connectivity index (χ3n) is 3.22. The summed E-state index contributed by atoms with van der Waals surface area (Å²) >= 11 is 3.34. The maximum Gasteiger partial charge on any atom is 0.314 e. The Hall–Kier alpha value is -1.56. The number of piperidine rings is 1. The minimum absolute atomic E-state index is 0.0618. The van der Waals surface area contributed by atoms with E-state index in [0.717, 1.165) is 23.0 Å².